The Labute approximate surface area is 210 Å². The average Bonchev–Trinajstić information content (AvgIpc) is 3.43. The number of nitrogens with one attached hydrogen (secondary N) is 2. The van der Waals surface area contributed by atoms with Crippen molar-refractivity contribution in [2.75, 3.05) is 11.9 Å². The average molecular weight is 482 g/mol. The van der Waals surface area contributed by atoms with Crippen LogP contribution in [0.4, 0.5) is 5.69 Å². The molecule has 2 atom stereocenters. The molecule has 3 heterocycles. The molecule has 1 amide bonds. The van der Waals surface area contributed by atoms with Crippen LogP contribution < -0.4 is 10.6 Å². The highest BCUT2D eigenvalue weighted by molar-refractivity contribution is 7.80. The standard InChI is InChI=1S/C28H27N5OS/c1-20-15-16-24(33(20)22-12-6-3-7-13-22)27-26(23-14-8-9-18-29-23)31-28(35)32(27)19-17-25(34)30-21-10-4-2-5-11-21/h2-16,18,26-27H,17,19H2,1H3,(H,30,34)(H,31,35)/t26-,27-/m1/s1. The lowest BCUT2D eigenvalue weighted by Crippen LogP contribution is -2.33. The fraction of sp³-hybridized carbons (Fsp3) is 0.179. The van der Waals surface area contributed by atoms with E-state index in [0.717, 1.165) is 28.5 Å². The number of para-hydroxylation sites is 2. The van der Waals surface area contributed by atoms with E-state index >= 15 is 0 Å². The summed E-state index contributed by atoms with van der Waals surface area (Å²) in [5, 5.41) is 7.07. The van der Waals surface area contributed by atoms with Gasteiger partial charge >= 0.3 is 0 Å². The summed E-state index contributed by atoms with van der Waals surface area (Å²) in [5.74, 6) is -0.0475. The highest BCUT2D eigenvalue weighted by atomic mass is 32.1. The van der Waals surface area contributed by atoms with E-state index in [-0.39, 0.29) is 18.0 Å². The molecule has 4 aromatic rings. The third-order valence-electron chi connectivity index (χ3n) is 6.26. The molecule has 0 aliphatic carbocycles. The minimum atomic E-state index is -0.141. The Kier molecular flexibility index (Phi) is 6.59. The summed E-state index contributed by atoms with van der Waals surface area (Å²) in [6, 6.07) is 29.7. The van der Waals surface area contributed by atoms with Gasteiger partial charge in [-0.2, -0.15) is 0 Å². The first kappa shape index (κ1) is 22.8. The summed E-state index contributed by atoms with van der Waals surface area (Å²) in [6.07, 6.45) is 2.11. The van der Waals surface area contributed by atoms with Gasteiger partial charge < -0.3 is 20.1 Å². The van der Waals surface area contributed by atoms with E-state index in [1.807, 2.05) is 66.7 Å². The number of nitrogens with zero attached hydrogens (tertiary/aromatic N) is 3. The Morgan fingerprint density at radius 1 is 0.971 bits per heavy atom. The molecule has 2 aromatic heterocycles. The molecule has 1 fully saturated rings. The number of rotatable bonds is 7. The van der Waals surface area contributed by atoms with E-state index in [0.29, 0.717) is 18.1 Å². The van der Waals surface area contributed by atoms with Crippen LogP contribution in [-0.4, -0.2) is 32.0 Å². The molecule has 0 radical (unpaired) electrons. The SMILES string of the molecule is Cc1ccc([C@@H]2[C@@H](c3ccccn3)NC(=S)N2CCC(=O)Nc2ccccc2)n1-c1ccccc1. The number of anilines is 1. The quantitative estimate of drug-likeness (QED) is 0.356. The molecule has 35 heavy (non-hydrogen) atoms. The zero-order valence-corrected chi connectivity index (χ0v) is 20.3. The molecule has 2 N–H and O–H groups in total. The maximum Gasteiger partial charge on any atom is 0.226 e. The second kappa shape index (κ2) is 10.1. The number of pyridine rings is 1. The van der Waals surface area contributed by atoms with Gasteiger partial charge in [0.05, 0.1) is 17.8 Å². The van der Waals surface area contributed by atoms with Crippen molar-refractivity contribution < 1.29 is 4.79 Å². The fourth-order valence-electron chi connectivity index (χ4n) is 4.65. The monoisotopic (exact) mass is 481 g/mol. The van der Waals surface area contributed by atoms with Crippen molar-refractivity contribution in [2.24, 2.45) is 0 Å². The molecule has 0 bridgehead atoms. The Hall–Kier alpha value is -3.97. The molecule has 6 nitrogen and oxygen atoms in total. The summed E-state index contributed by atoms with van der Waals surface area (Å²) in [5.41, 5.74) is 5.01. The minimum Gasteiger partial charge on any atom is -0.352 e. The molecule has 2 aromatic carbocycles. The van der Waals surface area contributed by atoms with Crippen LogP contribution in [0.1, 0.15) is 35.6 Å². The van der Waals surface area contributed by atoms with Gasteiger partial charge in [-0.25, -0.2) is 0 Å². The van der Waals surface area contributed by atoms with Crippen molar-refractivity contribution in [1.29, 1.82) is 0 Å². The van der Waals surface area contributed by atoms with Gasteiger partial charge in [0.1, 0.15) is 0 Å². The van der Waals surface area contributed by atoms with E-state index in [1.165, 1.54) is 0 Å². The van der Waals surface area contributed by atoms with Gasteiger partial charge in [-0.05, 0) is 67.7 Å². The maximum absolute atomic E-state index is 12.7. The van der Waals surface area contributed by atoms with Crippen LogP contribution in [0.15, 0.2) is 97.2 Å². The van der Waals surface area contributed by atoms with Gasteiger partial charge in [-0.1, -0.05) is 42.5 Å². The van der Waals surface area contributed by atoms with Gasteiger partial charge in [0, 0.05) is 41.9 Å². The van der Waals surface area contributed by atoms with Crippen LogP contribution in [0.5, 0.6) is 0 Å². The molecule has 7 heteroatoms. The van der Waals surface area contributed by atoms with Crippen molar-refractivity contribution in [3.8, 4) is 5.69 Å². The molecule has 0 saturated carbocycles. The molecule has 5 rings (SSSR count). The topological polar surface area (TPSA) is 62.2 Å². The highest BCUT2D eigenvalue weighted by Gasteiger charge is 2.41. The number of aromatic nitrogens is 2. The van der Waals surface area contributed by atoms with Gasteiger partial charge in [0.15, 0.2) is 5.11 Å². The number of benzene rings is 2. The van der Waals surface area contributed by atoms with E-state index in [1.54, 1.807) is 6.20 Å². The summed E-state index contributed by atoms with van der Waals surface area (Å²) in [6.45, 7) is 2.59. The number of thiocarbonyl (C=S) groups is 1. The predicted molar refractivity (Wildman–Crippen MR) is 142 cm³/mol. The number of hydrogen-bond donors (Lipinski definition) is 2. The number of amides is 1. The van der Waals surface area contributed by atoms with Crippen molar-refractivity contribution in [1.82, 2.24) is 19.8 Å². The summed E-state index contributed by atoms with van der Waals surface area (Å²) >= 11 is 5.79. The van der Waals surface area contributed by atoms with Crippen LogP contribution in [0, 0.1) is 6.92 Å². The molecule has 1 aliphatic rings. The van der Waals surface area contributed by atoms with Crippen LogP contribution >= 0.6 is 12.2 Å². The Balaban J connectivity index is 1.47. The van der Waals surface area contributed by atoms with Gasteiger partial charge in [0.25, 0.3) is 0 Å². The first-order valence-corrected chi connectivity index (χ1v) is 12.1. The van der Waals surface area contributed by atoms with Gasteiger partial charge in [0.2, 0.25) is 5.91 Å². The van der Waals surface area contributed by atoms with Crippen molar-refractivity contribution in [3.63, 3.8) is 0 Å². The zero-order chi connectivity index (χ0) is 24.2. The molecular formula is C28H27N5OS. The second-order valence-electron chi connectivity index (χ2n) is 8.55. The first-order valence-electron chi connectivity index (χ1n) is 11.7. The van der Waals surface area contributed by atoms with Crippen molar-refractivity contribution >= 4 is 28.9 Å². The smallest absolute Gasteiger partial charge is 0.226 e. The zero-order valence-electron chi connectivity index (χ0n) is 19.5. The third kappa shape index (κ3) is 4.81. The molecule has 1 saturated heterocycles. The van der Waals surface area contributed by atoms with Crippen molar-refractivity contribution in [2.45, 2.75) is 25.4 Å². The maximum atomic E-state index is 12.7. The molecule has 176 valence electrons. The number of hydrogen-bond acceptors (Lipinski definition) is 3. The number of carbonyl (C=O) groups excluding carboxylic acids is 1. The normalized spacial score (nSPS) is 17.3. The fourth-order valence-corrected chi connectivity index (χ4v) is 4.99. The van der Waals surface area contributed by atoms with Crippen LogP contribution in [0.2, 0.25) is 0 Å². The summed E-state index contributed by atoms with van der Waals surface area (Å²) < 4.78 is 2.26. The van der Waals surface area contributed by atoms with E-state index < -0.39 is 0 Å². The van der Waals surface area contributed by atoms with Gasteiger partial charge in [-0.15, -0.1) is 0 Å². The van der Waals surface area contributed by atoms with Crippen LogP contribution in [0.3, 0.4) is 0 Å². The van der Waals surface area contributed by atoms with Crippen molar-refractivity contribution in [3.05, 3.63) is 114 Å². The summed E-state index contributed by atoms with van der Waals surface area (Å²) in [7, 11) is 0. The highest BCUT2D eigenvalue weighted by Crippen LogP contribution is 2.40. The third-order valence-corrected chi connectivity index (χ3v) is 6.61. The molecular weight excluding hydrogens is 454 g/mol. The Morgan fingerprint density at radius 3 is 2.40 bits per heavy atom. The number of aryl methyl sites for hydroxylation is 1. The van der Waals surface area contributed by atoms with Gasteiger partial charge in [-0.3, -0.25) is 9.78 Å². The first-order chi connectivity index (χ1) is 17.1. The largest absolute Gasteiger partial charge is 0.352 e. The minimum absolute atomic E-state index is 0.0475. The Bertz CT molecular complexity index is 1310. The van der Waals surface area contributed by atoms with Crippen LogP contribution in [-0.2, 0) is 4.79 Å². The lowest BCUT2D eigenvalue weighted by Gasteiger charge is -2.29. The summed E-state index contributed by atoms with van der Waals surface area (Å²) in [4.78, 5) is 19.5. The van der Waals surface area contributed by atoms with E-state index in [4.69, 9.17) is 12.2 Å². The van der Waals surface area contributed by atoms with E-state index in [2.05, 4.69) is 56.3 Å². The molecule has 1 aliphatic heterocycles. The lowest BCUT2D eigenvalue weighted by molar-refractivity contribution is -0.116. The second-order valence-corrected chi connectivity index (χ2v) is 8.94. The molecule has 0 spiro atoms. The number of carbonyl (C=O) groups is 1. The lowest BCUT2D eigenvalue weighted by atomic mass is 10.0. The van der Waals surface area contributed by atoms with E-state index in [9.17, 15) is 4.79 Å². The molecule has 0 unspecified atom stereocenters. The van der Waals surface area contributed by atoms with Crippen LogP contribution in [0.25, 0.3) is 5.69 Å². The Morgan fingerprint density at radius 2 is 1.69 bits per heavy atom. The predicted octanol–water partition coefficient (Wildman–Crippen LogP) is 5.18.